The molecule has 0 radical (unpaired) electrons. The number of benzene rings is 1. The number of rotatable bonds is 16. The van der Waals surface area contributed by atoms with Gasteiger partial charge in [0.25, 0.3) is 0 Å². The van der Waals surface area contributed by atoms with E-state index in [1.165, 1.54) is 82.9 Å². The Morgan fingerprint density at radius 3 is 1.54 bits per heavy atom. The summed E-state index contributed by atoms with van der Waals surface area (Å²) in [7, 11) is 0. The summed E-state index contributed by atoms with van der Waals surface area (Å²) in [6.07, 6.45) is 13.9. The molecule has 1 heteroatoms. The fraction of sp³-hybridized carbons (Fsp3) is 0.760. The molecule has 1 aromatic rings. The highest BCUT2D eigenvalue weighted by atomic mass is 15.1. The second kappa shape index (κ2) is 15.3. The smallest absolute Gasteiger partial charge is 0.0233 e. The Morgan fingerprint density at radius 1 is 0.615 bits per heavy atom. The average Bonchev–Trinajstić information content (AvgIpc) is 2.61. The SMILES string of the molecule is CC(C)CCCCCCN(CCCCCCC(C)C)Cc1ccccc1. The number of hydrogen-bond donors (Lipinski definition) is 0. The summed E-state index contributed by atoms with van der Waals surface area (Å²) in [5.74, 6) is 1.72. The van der Waals surface area contributed by atoms with Crippen molar-refractivity contribution in [3.05, 3.63) is 35.9 Å². The average molecular weight is 360 g/mol. The van der Waals surface area contributed by atoms with Gasteiger partial charge in [0.1, 0.15) is 0 Å². The van der Waals surface area contributed by atoms with E-state index in [-0.39, 0.29) is 0 Å². The first kappa shape index (κ1) is 23.2. The molecule has 0 aliphatic rings. The number of unbranched alkanes of at least 4 members (excludes halogenated alkanes) is 6. The van der Waals surface area contributed by atoms with Crippen LogP contribution in [0.2, 0.25) is 0 Å². The van der Waals surface area contributed by atoms with Crippen molar-refractivity contribution in [2.45, 2.75) is 98.4 Å². The van der Waals surface area contributed by atoms with Gasteiger partial charge in [-0.1, -0.05) is 109 Å². The van der Waals surface area contributed by atoms with Crippen LogP contribution in [0.5, 0.6) is 0 Å². The van der Waals surface area contributed by atoms with Gasteiger partial charge in [-0.3, -0.25) is 4.90 Å². The van der Waals surface area contributed by atoms with Crippen molar-refractivity contribution >= 4 is 0 Å². The fourth-order valence-electron chi connectivity index (χ4n) is 3.59. The van der Waals surface area contributed by atoms with Crippen molar-refractivity contribution in [1.29, 1.82) is 0 Å². The quantitative estimate of drug-likeness (QED) is 0.273. The first-order valence-corrected chi connectivity index (χ1v) is 11.3. The van der Waals surface area contributed by atoms with Crippen LogP contribution in [-0.4, -0.2) is 18.0 Å². The first-order chi connectivity index (χ1) is 12.6. The molecule has 1 aromatic carbocycles. The molecule has 26 heavy (non-hydrogen) atoms. The fourth-order valence-corrected chi connectivity index (χ4v) is 3.59. The maximum absolute atomic E-state index is 2.69. The second-order valence-electron chi connectivity index (χ2n) is 8.96. The first-order valence-electron chi connectivity index (χ1n) is 11.3. The lowest BCUT2D eigenvalue weighted by molar-refractivity contribution is 0.251. The van der Waals surface area contributed by atoms with E-state index in [0.717, 1.165) is 18.4 Å². The van der Waals surface area contributed by atoms with Crippen LogP contribution in [0.15, 0.2) is 30.3 Å². The largest absolute Gasteiger partial charge is 0.299 e. The molecule has 0 unspecified atom stereocenters. The van der Waals surface area contributed by atoms with Crippen molar-refractivity contribution in [3.8, 4) is 0 Å². The standard InChI is InChI=1S/C25H45N/c1-23(2)16-10-5-7-14-20-26(22-25-18-12-9-13-19-25)21-15-8-6-11-17-24(3)4/h9,12-13,18-19,23-24H,5-8,10-11,14-17,20-22H2,1-4H3. The van der Waals surface area contributed by atoms with Crippen LogP contribution in [0.4, 0.5) is 0 Å². The van der Waals surface area contributed by atoms with E-state index >= 15 is 0 Å². The summed E-state index contributed by atoms with van der Waals surface area (Å²) in [5.41, 5.74) is 1.46. The zero-order chi connectivity index (χ0) is 19.0. The maximum atomic E-state index is 2.69. The highest BCUT2D eigenvalue weighted by molar-refractivity contribution is 5.14. The van der Waals surface area contributed by atoms with Gasteiger partial charge in [-0.05, 0) is 43.3 Å². The van der Waals surface area contributed by atoms with Crippen LogP contribution in [0, 0.1) is 11.8 Å². The molecule has 1 nitrogen and oxygen atoms in total. The summed E-state index contributed by atoms with van der Waals surface area (Å²) < 4.78 is 0. The van der Waals surface area contributed by atoms with E-state index in [4.69, 9.17) is 0 Å². The lowest BCUT2D eigenvalue weighted by Crippen LogP contribution is -2.25. The minimum Gasteiger partial charge on any atom is -0.299 e. The lowest BCUT2D eigenvalue weighted by atomic mass is 10.0. The van der Waals surface area contributed by atoms with Gasteiger partial charge < -0.3 is 0 Å². The molecular weight excluding hydrogens is 314 g/mol. The highest BCUT2D eigenvalue weighted by Crippen LogP contribution is 2.13. The maximum Gasteiger partial charge on any atom is 0.0233 e. The Balaban J connectivity index is 2.25. The number of hydrogen-bond acceptors (Lipinski definition) is 1. The molecule has 0 N–H and O–H groups in total. The Bertz CT molecular complexity index is 389. The van der Waals surface area contributed by atoms with Crippen molar-refractivity contribution in [2.24, 2.45) is 11.8 Å². The van der Waals surface area contributed by atoms with Crippen molar-refractivity contribution < 1.29 is 0 Å². The van der Waals surface area contributed by atoms with Crippen molar-refractivity contribution in [1.82, 2.24) is 4.90 Å². The Labute approximate surface area is 164 Å². The van der Waals surface area contributed by atoms with Crippen LogP contribution >= 0.6 is 0 Å². The molecule has 0 heterocycles. The zero-order valence-corrected chi connectivity index (χ0v) is 18.2. The van der Waals surface area contributed by atoms with E-state index in [1.807, 2.05) is 0 Å². The third kappa shape index (κ3) is 13.4. The van der Waals surface area contributed by atoms with Crippen LogP contribution in [0.1, 0.15) is 97.5 Å². The summed E-state index contributed by atoms with van der Waals surface area (Å²) in [4.78, 5) is 2.69. The monoisotopic (exact) mass is 359 g/mol. The van der Waals surface area contributed by atoms with Crippen molar-refractivity contribution in [2.75, 3.05) is 13.1 Å². The molecule has 0 aromatic heterocycles. The van der Waals surface area contributed by atoms with Gasteiger partial charge in [0.2, 0.25) is 0 Å². The van der Waals surface area contributed by atoms with E-state index < -0.39 is 0 Å². The van der Waals surface area contributed by atoms with E-state index in [0.29, 0.717) is 0 Å². The molecule has 0 bridgehead atoms. The summed E-state index contributed by atoms with van der Waals surface area (Å²) in [6, 6.07) is 11.0. The molecular formula is C25H45N. The third-order valence-electron chi connectivity index (χ3n) is 5.26. The molecule has 0 amide bonds. The molecule has 0 spiro atoms. The Morgan fingerprint density at radius 2 is 1.08 bits per heavy atom. The van der Waals surface area contributed by atoms with Gasteiger partial charge in [0, 0.05) is 6.54 Å². The summed E-state index contributed by atoms with van der Waals surface area (Å²) >= 11 is 0. The van der Waals surface area contributed by atoms with Gasteiger partial charge in [-0.25, -0.2) is 0 Å². The Kier molecular flexibility index (Phi) is 13.6. The molecule has 0 fully saturated rings. The third-order valence-corrected chi connectivity index (χ3v) is 5.26. The topological polar surface area (TPSA) is 3.24 Å². The predicted molar refractivity (Wildman–Crippen MR) is 118 cm³/mol. The molecule has 0 saturated heterocycles. The lowest BCUT2D eigenvalue weighted by Gasteiger charge is -2.22. The van der Waals surface area contributed by atoms with E-state index in [1.54, 1.807) is 0 Å². The summed E-state index contributed by atoms with van der Waals surface area (Å²) in [6.45, 7) is 13.0. The van der Waals surface area contributed by atoms with E-state index in [9.17, 15) is 0 Å². The molecule has 150 valence electrons. The van der Waals surface area contributed by atoms with Crippen LogP contribution in [0.25, 0.3) is 0 Å². The highest BCUT2D eigenvalue weighted by Gasteiger charge is 2.06. The normalized spacial score (nSPS) is 11.8. The van der Waals surface area contributed by atoms with Gasteiger partial charge in [-0.2, -0.15) is 0 Å². The van der Waals surface area contributed by atoms with E-state index in [2.05, 4.69) is 62.9 Å². The minimum atomic E-state index is 0.861. The van der Waals surface area contributed by atoms with Crippen LogP contribution in [0.3, 0.4) is 0 Å². The molecule has 0 aliphatic heterocycles. The molecule has 1 rings (SSSR count). The van der Waals surface area contributed by atoms with Crippen molar-refractivity contribution in [3.63, 3.8) is 0 Å². The second-order valence-corrected chi connectivity index (χ2v) is 8.96. The predicted octanol–water partition coefficient (Wildman–Crippen LogP) is 7.70. The molecule has 0 saturated carbocycles. The van der Waals surface area contributed by atoms with Gasteiger partial charge in [-0.15, -0.1) is 0 Å². The number of nitrogens with zero attached hydrogens (tertiary/aromatic N) is 1. The van der Waals surface area contributed by atoms with Gasteiger partial charge >= 0.3 is 0 Å². The molecule has 0 aliphatic carbocycles. The van der Waals surface area contributed by atoms with Crippen LogP contribution in [-0.2, 0) is 6.54 Å². The van der Waals surface area contributed by atoms with Gasteiger partial charge in [0.05, 0.1) is 0 Å². The summed E-state index contributed by atoms with van der Waals surface area (Å²) in [5, 5.41) is 0. The zero-order valence-electron chi connectivity index (χ0n) is 18.2. The Hall–Kier alpha value is -0.820. The molecule has 0 atom stereocenters. The van der Waals surface area contributed by atoms with Gasteiger partial charge in [0.15, 0.2) is 0 Å². The van der Waals surface area contributed by atoms with Crippen LogP contribution < -0.4 is 0 Å². The minimum absolute atomic E-state index is 0.861.